The maximum Gasteiger partial charge on any atom is 0.0246 e. The van der Waals surface area contributed by atoms with Gasteiger partial charge in [-0.15, -0.1) is 0 Å². The van der Waals surface area contributed by atoms with Crippen molar-refractivity contribution in [2.75, 3.05) is 19.6 Å². The smallest absolute Gasteiger partial charge is 0.0246 e. The Hall–Kier alpha value is -0.0800. The van der Waals surface area contributed by atoms with Crippen LogP contribution in [0.1, 0.15) is 72.6 Å². The van der Waals surface area contributed by atoms with E-state index in [1.807, 2.05) is 0 Å². The van der Waals surface area contributed by atoms with Crippen molar-refractivity contribution < 1.29 is 0 Å². The first-order valence-electron chi connectivity index (χ1n) is 9.36. The van der Waals surface area contributed by atoms with Crippen molar-refractivity contribution in [1.29, 1.82) is 0 Å². The number of rotatable bonds is 3. The molecule has 2 rings (SSSR count). The molecule has 2 nitrogen and oxygen atoms in total. The molecule has 2 unspecified atom stereocenters. The largest absolute Gasteiger partial charge is 0.329 e. The molecule has 1 saturated carbocycles. The van der Waals surface area contributed by atoms with Crippen LogP contribution in [0.15, 0.2) is 0 Å². The zero-order valence-corrected chi connectivity index (χ0v) is 14.9. The molecule has 2 fully saturated rings. The van der Waals surface area contributed by atoms with Crippen LogP contribution in [-0.4, -0.2) is 30.6 Å². The summed E-state index contributed by atoms with van der Waals surface area (Å²) in [6, 6.07) is 0.649. The predicted molar refractivity (Wildman–Crippen MR) is 92.3 cm³/mol. The summed E-state index contributed by atoms with van der Waals surface area (Å²) >= 11 is 0. The van der Waals surface area contributed by atoms with E-state index in [4.69, 9.17) is 5.73 Å². The van der Waals surface area contributed by atoms with E-state index in [1.165, 1.54) is 58.0 Å². The molecule has 2 heteroatoms. The molecule has 21 heavy (non-hydrogen) atoms. The lowest BCUT2D eigenvalue weighted by Gasteiger charge is -2.39. The van der Waals surface area contributed by atoms with Crippen LogP contribution in [0.3, 0.4) is 0 Å². The van der Waals surface area contributed by atoms with Gasteiger partial charge < -0.3 is 5.73 Å². The second kappa shape index (κ2) is 7.46. The highest BCUT2D eigenvalue weighted by molar-refractivity contribution is 4.87. The molecule has 0 bridgehead atoms. The third-order valence-electron chi connectivity index (χ3n) is 6.30. The Kier molecular flexibility index (Phi) is 6.14. The minimum absolute atomic E-state index is 0.467. The maximum atomic E-state index is 6.20. The standard InChI is InChI=1S/C19H38N2/c1-15-7-9-16(10-8-15)18(14-20)21-12-5-6-17(11-13-21)19(2,3)4/h15-18H,5-14,20H2,1-4H3. The minimum Gasteiger partial charge on any atom is -0.329 e. The van der Waals surface area contributed by atoms with Gasteiger partial charge in [0.05, 0.1) is 0 Å². The molecule has 0 aromatic carbocycles. The van der Waals surface area contributed by atoms with Crippen LogP contribution in [0.2, 0.25) is 0 Å². The van der Waals surface area contributed by atoms with Gasteiger partial charge in [0, 0.05) is 12.6 Å². The topological polar surface area (TPSA) is 29.3 Å². The molecule has 2 aliphatic rings. The van der Waals surface area contributed by atoms with Gasteiger partial charge in [-0.05, 0) is 68.4 Å². The molecule has 1 aliphatic heterocycles. The van der Waals surface area contributed by atoms with Crippen LogP contribution in [0, 0.1) is 23.2 Å². The van der Waals surface area contributed by atoms with Crippen LogP contribution < -0.4 is 5.73 Å². The van der Waals surface area contributed by atoms with Crippen molar-refractivity contribution in [2.45, 2.75) is 78.7 Å². The molecule has 2 N–H and O–H groups in total. The summed E-state index contributed by atoms with van der Waals surface area (Å²) in [5, 5.41) is 0. The fourth-order valence-electron chi connectivity index (χ4n) is 4.63. The van der Waals surface area contributed by atoms with Gasteiger partial charge in [0.2, 0.25) is 0 Å². The summed E-state index contributed by atoms with van der Waals surface area (Å²) in [4.78, 5) is 2.76. The molecule has 0 aromatic heterocycles. The Morgan fingerprint density at radius 2 is 1.67 bits per heavy atom. The molecule has 0 aromatic rings. The molecule has 0 radical (unpaired) electrons. The second-order valence-corrected chi connectivity index (χ2v) is 8.85. The van der Waals surface area contributed by atoms with E-state index in [1.54, 1.807) is 0 Å². The van der Waals surface area contributed by atoms with Crippen molar-refractivity contribution in [1.82, 2.24) is 4.90 Å². The summed E-state index contributed by atoms with van der Waals surface area (Å²) in [7, 11) is 0. The van der Waals surface area contributed by atoms with Gasteiger partial charge in [-0.25, -0.2) is 0 Å². The van der Waals surface area contributed by atoms with Crippen LogP contribution >= 0.6 is 0 Å². The average Bonchev–Trinajstić information content (AvgIpc) is 2.67. The number of nitrogens with zero attached hydrogens (tertiary/aromatic N) is 1. The Balaban J connectivity index is 1.93. The van der Waals surface area contributed by atoms with E-state index in [-0.39, 0.29) is 0 Å². The van der Waals surface area contributed by atoms with Gasteiger partial charge in [-0.1, -0.05) is 40.5 Å². The van der Waals surface area contributed by atoms with Crippen molar-refractivity contribution >= 4 is 0 Å². The van der Waals surface area contributed by atoms with Gasteiger partial charge in [0.15, 0.2) is 0 Å². The Labute approximate surface area is 132 Å². The number of hydrogen-bond donors (Lipinski definition) is 1. The predicted octanol–water partition coefficient (Wildman–Crippen LogP) is 4.29. The molecular formula is C19H38N2. The Bertz CT molecular complexity index is 299. The van der Waals surface area contributed by atoms with Crippen LogP contribution in [0.4, 0.5) is 0 Å². The van der Waals surface area contributed by atoms with E-state index in [0.717, 1.165) is 24.3 Å². The third kappa shape index (κ3) is 4.69. The highest BCUT2D eigenvalue weighted by Gasteiger charge is 2.33. The number of nitrogens with two attached hydrogens (primary N) is 1. The normalized spacial score (nSPS) is 34.4. The SMILES string of the molecule is CC1CCC(C(CN)N2CCCC(C(C)(C)C)CC2)CC1. The monoisotopic (exact) mass is 294 g/mol. The van der Waals surface area contributed by atoms with E-state index < -0.39 is 0 Å². The summed E-state index contributed by atoms with van der Waals surface area (Å²) in [5.74, 6) is 2.68. The first-order chi connectivity index (χ1) is 9.91. The lowest BCUT2D eigenvalue weighted by Crippen LogP contribution is -2.47. The molecule has 0 spiro atoms. The highest BCUT2D eigenvalue weighted by Crippen LogP contribution is 2.37. The lowest BCUT2D eigenvalue weighted by atomic mass is 9.76. The minimum atomic E-state index is 0.467. The first kappa shape index (κ1) is 17.3. The fourth-order valence-corrected chi connectivity index (χ4v) is 4.63. The second-order valence-electron chi connectivity index (χ2n) is 8.85. The zero-order valence-electron chi connectivity index (χ0n) is 14.9. The number of likely N-dealkylation sites (tertiary alicyclic amines) is 1. The van der Waals surface area contributed by atoms with Crippen LogP contribution in [0.25, 0.3) is 0 Å². The molecule has 2 atom stereocenters. The van der Waals surface area contributed by atoms with Crippen molar-refractivity contribution in [3.63, 3.8) is 0 Å². The average molecular weight is 295 g/mol. The molecule has 124 valence electrons. The summed E-state index contributed by atoms with van der Waals surface area (Å²) in [6.45, 7) is 13.1. The Morgan fingerprint density at radius 1 is 1.00 bits per heavy atom. The highest BCUT2D eigenvalue weighted by atomic mass is 15.2. The van der Waals surface area contributed by atoms with Crippen LogP contribution in [-0.2, 0) is 0 Å². The van der Waals surface area contributed by atoms with Gasteiger partial charge >= 0.3 is 0 Å². The molecule has 1 aliphatic carbocycles. The molecule has 0 amide bonds. The van der Waals surface area contributed by atoms with E-state index in [2.05, 4.69) is 32.6 Å². The molecular weight excluding hydrogens is 256 g/mol. The zero-order chi connectivity index (χ0) is 15.5. The quantitative estimate of drug-likeness (QED) is 0.841. The van der Waals surface area contributed by atoms with Gasteiger partial charge in [-0.2, -0.15) is 0 Å². The van der Waals surface area contributed by atoms with Crippen molar-refractivity contribution in [2.24, 2.45) is 28.9 Å². The molecule has 1 saturated heterocycles. The lowest BCUT2D eigenvalue weighted by molar-refractivity contribution is 0.110. The third-order valence-corrected chi connectivity index (χ3v) is 6.30. The van der Waals surface area contributed by atoms with Gasteiger partial charge in [0.1, 0.15) is 0 Å². The van der Waals surface area contributed by atoms with Crippen LogP contribution in [0.5, 0.6) is 0 Å². The summed E-state index contributed by atoms with van der Waals surface area (Å²) in [6.07, 6.45) is 9.77. The maximum absolute atomic E-state index is 6.20. The summed E-state index contributed by atoms with van der Waals surface area (Å²) in [5.41, 5.74) is 6.67. The molecule has 1 heterocycles. The fraction of sp³-hybridized carbons (Fsp3) is 1.00. The van der Waals surface area contributed by atoms with E-state index >= 15 is 0 Å². The van der Waals surface area contributed by atoms with E-state index in [0.29, 0.717) is 11.5 Å². The summed E-state index contributed by atoms with van der Waals surface area (Å²) < 4.78 is 0. The number of hydrogen-bond acceptors (Lipinski definition) is 2. The van der Waals surface area contributed by atoms with Crippen molar-refractivity contribution in [3.8, 4) is 0 Å². The van der Waals surface area contributed by atoms with Gasteiger partial charge in [-0.3, -0.25) is 4.90 Å². The first-order valence-corrected chi connectivity index (χ1v) is 9.36. The Morgan fingerprint density at radius 3 is 2.24 bits per heavy atom. The van der Waals surface area contributed by atoms with Gasteiger partial charge in [0.25, 0.3) is 0 Å². The van der Waals surface area contributed by atoms with Crippen molar-refractivity contribution in [3.05, 3.63) is 0 Å². The van der Waals surface area contributed by atoms with E-state index in [9.17, 15) is 0 Å².